The molecule has 0 aromatic heterocycles. The van der Waals surface area contributed by atoms with E-state index in [0.717, 1.165) is 44.0 Å². The largest absolute Gasteiger partial charge is 0.493 e. The van der Waals surface area contributed by atoms with Crippen molar-refractivity contribution in [1.82, 2.24) is 4.90 Å². The quantitative estimate of drug-likeness (QED) is 0.189. The maximum atomic E-state index is 13.3. The first-order valence-electron chi connectivity index (χ1n) is 16.4. The molecular formula is C39H43N3O4. The Morgan fingerprint density at radius 1 is 0.783 bits per heavy atom. The lowest BCUT2D eigenvalue weighted by molar-refractivity contribution is 0.102. The molecule has 0 bridgehead atoms. The summed E-state index contributed by atoms with van der Waals surface area (Å²) in [5.74, 6) is 1.65. The zero-order chi connectivity index (χ0) is 31.9. The Morgan fingerprint density at radius 3 is 2.20 bits per heavy atom. The number of hydrogen-bond acceptors (Lipinski definition) is 5. The van der Waals surface area contributed by atoms with E-state index in [0.29, 0.717) is 28.4 Å². The molecule has 46 heavy (non-hydrogen) atoms. The second kappa shape index (κ2) is 14.6. The van der Waals surface area contributed by atoms with E-state index >= 15 is 0 Å². The smallest absolute Gasteiger partial charge is 0.257 e. The van der Waals surface area contributed by atoms with Crippen LogP contribution in [0.3, 0.4) is 0 Å². The number of hydrogen-bond donors (Lipinski definition) is 2. The Hall–Kier alpha value is -4.62. The molecule has 0 spiro atoms. The lowest BCUT2D eigenvalue weighted by Gasteiger charge is -2.29. The average molecular weight is 618 g/mol. The van der Waals surface area contributed by atoms with Crippen LogP contribution in [0.5, 0.6) is 11.5 Å². The highest BCUT2D eigenvalue weighted by Gasteiger charge is 2.20. The molecule has 1 saturated carbocycles. The maximum Gasteiger partial charge on any atom is 0.257 e. The van der Waals surface area contributed by atoms with Gasteiger partial charge in [0, 0.05) is 30.9 Å². The van der Waals surface area contributed by atoms with Gasteiger partial charge in [0.1, 0.15) is 0 Å². The van der Waals surface area contributed by atoms with Gasteiger partial charge in [-0.2, -0.15) is 0 Å². The number of nitrogens with zero attached hydrogens (tertiary/aromatic N) is 1. The minimum absolute atomic E-state index is 0.226. The van der Waals surface area contributed by atoms with Crippen molar-refractivity contribution in [2.75, 3.05) is 37.9 Å². The molecule has 7 heteroatoms. The molecule has 1 fully saturated rings. The fraction of sp³-hybridized carbons (Fsp3) is 0.333. The predicted molar refractivity (Wildman–Crippen MR) is 183 cm³/mol. The Morgan fingerprint density at radius 2 is 1.48 bits per heavy atom. The van der Waals surface area contributed by atoms with Gasteiger partial charge >= 0.3 is 0 Å². The summed E-state index contributed by atoms with van der Waals surface area (Å²) in [7, 11) is 3.35. The second-order valence-corrected chi connectivity index (χ2v) is 12.4. The van der Waals surface area contributed by atoms with Crippen molar-refractivity contribution >= 4 is 23.2 Å². The van der Waals surface area contributed by atoms with E-state index < -0.39 is 0 Å². The predicted octanol–water partition coefficient (Wildman–Crippen LogP) is 7.86. The number of nitrogens with one attached hydrogen (secondary N) is 2. The molecule has 7 nitrogen and oxygen atoms in total. The molecule has 2 amide bonds. The van der Waals surface area contributed by atoms with Crippen LogP contribution < -0.4 is 20.1 Å². The summed E-state index contributed by atoms with van der Waals surface area (Å²) in [4.78, 5) is 28.9. The van der Waals surface area contributed by atoms with Gasteiger partial charge in [0.2, 0.25) is 0 Å². The maximum absolute atomic E-state index is 13.3. The lowest BCUT2D eigenvalue weighted by Crippen LogP contribution is -2.32. The van der Waals surface area contributed by atoms with Crippen LogP contribution in [-0.4, -0.2) is 44.0 Å². The Balaban J connectivity index is 1.03. The van der Waals surface area contributed by atoms with Crippen molar-refractivity contribution in [2.24, 2.45) is 0 Å². The molecule has 0 atom stereocenters. The fourth-order valence-corrected chi connectivity index (χ4v) is 6.70. The molecule has 4 aromatic rings. The van der Waals surface area contributed by atoms with Gasteiger partial charge in [-0.15, -0.1) is 0 Å². The lowest BCUT2D eigenvalue weighted by atomic mass is 9.84. The van der Waals surface area contributed by atoms with Gasteiger partial charge in [-0.05, 0) is 102 Å². The number of benzene rings is 4. The molecule has 1 aliphatic heterocycles. The van der Waals surface area contributed by atoms with E-state index in [1.54, 1.807) is 32.4 Å². The van der Waals surface area contributed by atoms with Crippen molar-refractivity contribution in [3.8, 4) is 11.5 Å². The van der Waals surface area contributed by atoms with Crippen molar-refractivity contribution in [3.63, 3.8) is 0 Å². The van der Waals surface area contributed by atoms with Crippen LogP contribution in [-0.2, 0) is 19.4 Å². The molecule has 0 unspecified atom stereocenters. The minimum atomic E-state index is -0.268. The third-order valence-electron chi connectivity index (χ3n) is 9.39. The van der Waals surface area contributed by atoms with E-state index in [1.165, 1.54) is 54.4 Å². The second-order valence-electron chi connectivity index (χ2n) is 12.4. The molecule has 1 aliphatic carbocycles. The van der Waals surface area contributed by atoms with Crippen molar-refractivity contribution in [2.45, 2.75) is 57.4 Å². The summed E-state index contributed by atoms with van der Waals surface area (Å²) in [5.41, 5.74) is 7.31. The third-order valence-corrected chi connectivity index (χ3v) is 9.39. The van der Waals surface area contributed by atoms with Crippen molar-refractivity contribution < 1.29 is 19.1 Å². The number of amides is 2. The molecule has 4 aromatic carbocycles. The number of methoxy groups -OCH3 is 2. The van der Waals surface area contributed by atoms with Crippen LogP contribution in [0.2, 0.25) is 0 Å². The first kappa shape index (κ1) is 31.4. The van der Waals surface area contributed by atoms with E-state index in [9.17, 15) is 9.59 Å². The molecule has 2 aliphatic rings. The fourth-order valence-electron chi connectivity index (χ4n) is 6.70. The minimum Gasteiger partial charge on any atom is -0.493 e. The molecule has 6 rings (SSSR count). The first-order chi connectivity index (χ1) is 22.5. The van der Waals surface area contributed by atoms with E-state index in [-0.39, 0.29) is 11.8 Å². The zero-order valence-electron chi connectivity index (χ0n) is 26.8. The number of carbonyl (C=O) groups excluding carboxylic acids is 2. The van der Waals surface area contributed by atoms with Gasteiger partial charge in [-0.25, -0.2) is 0 Å². The Labute approximate surface area is 271 Å². The summed E-state index contributed by atoms with van der Waals surface area (Å²) < 4.78 is 11.0. The van der Waals surface area contributed by atoms with E-state index in [4.69, 9.17) is 9.47 Å². The molecule has 0 radical (unpaired) electrons. The summed E-state index contributed by atoms with van der Waals surface area (Å²) in [6, 6.07) is 27.2. The average Bonchev–Trinajstić information content (AvgIpc) is 3.11. The van der Waals surface area contributed by atoms with Crippen LogP contribution in [0.15, 0.2) is 84.9 Å². The highest BCUT2D eigenvalue weighted by molar-refractivity contribution is 6.12. The monoisotopic (exact) mass is 617 g/mol. The first-order valence-corrected chi connectivity index (χ1v) is 16.4. The van der Waals surface area contributed by atoms with Gasteiger partial charge < -0.3 is 20.1 Å². The summed E-state index contributed by atoms with van der Waals surface area (Å²) in [6.45, 7) is 2.82. The summed E-state index contributed by atoms with van der Waals surface area (Å²) in [6.07, 6.45) is 8.20. The SMILES string of the molecule is COc1cc2c(cc1OC)CN(CCc1ccc(NC(=O)c3ccccc3NC(=O)c3ccc(C4CCCCC4)cc3)cc1)CC2. The van der Waals surface area contributed by atoms with E-state index in [1.807, 2.05) is 30.3 Å². The van der Waals surface area contributed by atoms with Crippen molar-refractivity contribution in [3.05, 3.63) is 118 Å². The van der Waals surface area contributed by atoms with Crippen LogP contribution in [0.1, 0.15) is 81.0 Å². The summed E-state index contributed by atoms with van der Waals surface area (Å²) in [5, 5.41) is 5.95. The van der Waals surface area contributed by atoms with E-state index in [2.05, 4.69) is 51.9 Å². The zero-order valence-corrected chi connectivity index (χ0v) is 26.8. The summed E-state index contributed by atoms with van der Waals surface area (Å²) >= 11 is 0. The normalized spacial score (nSPS) is 15.1. The third kappa shape index (κ3) is 7.43. The standard InChI is InChI=1S/C39H43N3O4/c1-45-36-24-31-21-23-42(26-32(31)25-37(36)46-2)22-20-27-12-18-33(19-13-27)40-39(44)34-10-6-7-11-35(34)41-38(43)30-16-14-29(15-17-30)28-8-4-3-5-9-28/h6-7,10-19,24-25,28H,3-5,8-9,20-23,26H2,1-2H3,(H,40,44)(H,41,43). The number of fused-ring (bicyclic) bond motifs is 1. The number of para-hydroxylation sites is 1. The molecule has 1 heterocycles. The van der Waals surface area contributed by atoms with Gasteiger partial charge in [0.05, 0.1) is 25.5 Å². The molecule has 0 saturated heterocycles. The van der Waals surface area contributed by atoms with Gasteiger partial charge in [0.25, 0.3) is 11.8 Å². The molecule has 238 valence electrons. The Kier molecular flexibility index (Phi) is 9.99. The number of ether oxygens (including phenoxy) is 2. The van der Waals surface area contributed by atoms with Crippen LogP contribution in [0, 0.1) is 0 Å². The molecular weight excluding hydrogens is 574 g/mol. The number of rotatable bonds is 10. The van der Waals surface area contributed by atoms with Crippen LogP contribution in [0.4, 0.5) is 11.4 Å². The van der Waals surface area contributed by atoms with Crippen molar-refractivity contribution in [1.29, 1.82) is 0 Å². The number of anilines is 2. The highest BCUT2D eigenvalue weighted by Crippen LogP contribution is 2.34. The highest BCUT2D eigenvalue weighted by atomic mass is 16.5. The van der Waals surface area contributed by atoms with Crippen LogP contribution >= 0.6 is 0 Å². The number of carbonyl (C=O) groups is 2. The topological polar surface area (TPSA) is 79.9 Å². The van der Waals surface area contributed by atoms with Gasteiger partial charge in [-0.3, -0.25) is 14.5 Å². The van der Waals surface area contributed by atoms with Gasteiger partial charge in [-0.1, -0.05) is 55.7 Å². The van der Waals surface area contributed by atoms with Gasteiger partial charge in [0.15, 0.2) is 11.5 Å². The van der Waals surface area contributed by atoms with Crippen LogP contribution in [0.25, 0.3) is 0 Å². The molecule has 2 N–H and O–H groups in total. The Bertz CT molecular complexity index is 1660.